The van der Waals surface area contributed by atoms with Gasteiger partial charge in [0.1, 0.15) is 25.0 Å². The van der Waals surface area contributed by atoms with Crippen LogP contribution in [0.25, 0.3) is 10.9 Å². The van der Waals surface area contributed by atoms with Crippen molar-refractivity contribution in [1.82, 2.24) is 14.9 Å². The molecule has 0 saturated carbocycles. The highest BCUT2D eigenvalue weighted by Gasteiger charge is 2.21. The quantitative estimate of drug-likeness (QED) is 0.394. The molecule has 1 aliphatic rings. The maximum Gasteiger partial charge on any atom is 0.164 e. The normalized spacial score (nSPS) is 15.1. The highest BCUT2D eigenvalue weighted by Crippen LogP contribution is 2.36. The number of nitrogens with one attached hydrogen (secondary N) is 1. The van der Waals surface area contributed by atoms with Crippen LogP contribution in [0.15, 0.2) is 42.7 Å². The van der Waals surface area contributed by atoms with Crippen LogP contribution in [0.1, 0.15) is 12.5 Å². The number of nitrogens with zero attached hydrogens (tertiary/aromatic N) is 3. The van der Waals surface area contributed by atoms with Gasteiger partial charge in [-0.2, -0.15) is 0 Å². The van der Waals surface area contributed by atoms with Gasteiger partial charge in [0.05, 0.1) is 25.3 Å². The molecule has 8 heteroatoms. The predicted octanol–water partition coefficient (Wildman–Crippen LogP) is 3.44. The van der Waals surface area contributed by atoms with Gasteiger partial charge in [0.25, 0.3) is 0 Å². The number of anilines is 2. The lowest BCUT2D eigenvalue weighted by Crippen LogP contribution is -2.44. The number of benzene rings is 2. The van der Waals surface area contributed by atoms with E-state index in [2.05, 4.69) is 26.1 Å². The minimum Gasteiger partial charge on any atom is -0.487 e. The van der Waals surface area contributed by atoms with Gasteiger partial charge in [-0.05, 0) is 31.2 Å². The monoisotopic (exact) mass is 448 g/mol. The molecule has 2 heterocycles. The first kappa shape index (κ1) is 22.8. The smallest absolute Gasteiger partial charge is 0.164 e. The Morgan fingerprint density at radius 3 is 2.79 bits per heavy atom. The molecule has 172 valence electrons. The van der Waals surface area contributed by atoms with Gasteiger partial charge in [0.2, 0.25) is 0 Å². The summed E-state index contributed by atoms with van der Waals surface area (Å²) in [7, 11) is 1.64. The van der Waals surface area contributed by atoms with Crippen LogP contribution in [0.3, 0.4) is 0 Å². The standard InChI is InChI=1S/C25H28N4O4/c1-4-19-6-5-7-20(14-19)28-25-21-15-24(33-18(2)29-8-10-31-11-9-29)23(32-13-12-30-3)16-22(21)26-17-27-25/h1,5-7,14-18H,8-13H2,2-3H3,(H,26,27,28). The molecule has 1 atom stereocenters. The molecule has 2 aromatic carbocycles. The number of methoxy groups -OCH3 is 1. The van der Waals surface area contributed by atoms with Crippen molar-refractivity contribution in [3.63, 3.8) is 0 Å². The second-order valence-corrected chi connectivity index (χ2v) is 7.60. The Balaban J connectivity index is 1.67. The molecular formula is C25H28N4O4. The fraction of sp³-hybridized carbons (Fsp3) is 0.360. The first-order valence-electron chi connectivity index (χ1n) is 10.9. The molecule has 1 aliphatic heterocycles. The lowest BCUT2D eigenvalue weighted by Gasteiger charge is -2.32. The average molecular weight is 449 g/mol. The van der Waals surface area contributed by atoms with E-state index < -0.39 is 0 Å². The Bertz CT molecular complexity index is 1130. The molecule has 1 fully saturated rings. The molecule has 8 nitrogen and oxygen atoms in total. The van der Waals surface area contributed by atoms with Crippen molar-refractivity contribution in [3.05, 3.63) is 48.3 Å². The third-order valence-corrected chi connectivity index (χ3v) is 5.40. The predicted molar refractivity (Wildman–Crippen MR) is 127 cm³/mol. The van der Waals surface area contributed by atoms with Crippen molar-refractivity contribution < 1.29 is 18.9 Å². The van der Waals surface area contributed by atoms with Gasteiger partial charge in [0, 0.05) is 42.9 Å². The number of fused-ring (bicyclic) bond motifs is 1. The Morgan fingerprint density at radius 2 is 2.00 bits per heavy atom. The van der Waals surface area contributed by atoms with Crippen LogP contribution in [-0.2, 0) is 9.47 Å². The molecule has 0 aliphatic carbocycles. The van der Waals surface area contributed by atoms with Crippen molar-refractivity contribution in [1.29, 1.82) is 0 Å². The minimum atomic E-state index is -0.149. The summed E-state index contributed by atoms with van der Waals surface area (Å²) in [5, 5.41) is 4.16. The van der Waals surface area contributed by atoms with Gasteiger partial charge in [-0.3, -0.25) is 4.90 Å². The Kier molecular flexibility index (Phi) is 7.58. The molecule has 0 radical (unpaired) electrons. The summed E-state index contributed by atoms with van der Waals surface area (Å²) in [5.41, 5.74) is 2.37. The molecule has 0 bridgehead atoms. The zero-order chi connectivity index (χ0) is 23.0. The second kappa shape index (κ2) is 11.0. The fourth-order valence-corrected chi connectivity index (χ4v) is 3.63. The molecule has 33 heavy (non-hydrogen) atoms. The van der Waals surface area contributed by atoms with Crippen LogP contribution >= 0.6 is 0 Å². The van der Waals surface area contributed by atoms with Crippen LogP contribution in [0, 0.1) is 12.3 Å². The van der Waals surface area contributed by atoms with E-state index in [9.17, 15) is 0 Å². The Hall–Kier alpha value is -3.38. The van der Waals surface area contributed by atoms with Gasteiger partial charge in [-0.1, -0.05) is 12.0 Å². The number of morpholine rings is 1. The Morgan fingerprint density at radius 1 is 1.15 bits per heavy atom. The number of hydrogen-bond acceptors (Lipinski definition) is 8. The largest absolute Gasteiger partial charge is 0.487 e. The number of aromatic nitrogens is 2. The maximum absolute atomic E-state index is 6.36. The Labute approximate surface area is 193 Å². The van der Waals surface area contributed by atoms with Crippen LogP contribution in [0.4, 0.5) is 11.5 Å². The maximum atomic E-state index is 6.36. The lowest BCUT2D eigenvalue weighted by molar-refractivity contribution is -0.0382. The molecular weight excluding hydrogens is 420 g/mol. The van der Waals surface area contributed by atoms with Crippen LogP contribution in [0.2, 0.25) is 0 Å². The molecule has 1 unspecified atom stereocenters. The van der Waals surface area contributed by atoms with Crippen molar-refractivity contribution >= 4 is 22.4 Å². The van der Waals surface area contributed by atoms with Gasteiger partial charge in [-0.25, -0.2) is 9.97 Å². The van der Waals surface area contributed by atoms with Crippen molar-refractivity contribution in [2.45, 2.75) is 13.2 Å². The topological polar surface area (TPSA) is 78.0 Å². The first-order chi connectivity index (χ1) is 16.2. The molecule has 0 spiro atoms. The van der Waals surface area contributed by atoms with E-state index in [-0.39, 0.29) is 6.23 Å². The SMILES string of the molecule is C#Cc1cccc(Nc2ncnc3cc(OCCOC)c(OC(C)N4CCOCC4)cc23)c1. The first-order valence-corrected chi connectivity index (χ1v) is 10.9. The zero-order valence-corrected chi connectivity index (χ0v) is 18.9. The van der Waals surface area contributed by atoms with E-state index in [0.717, 1.165) is 35.2 Å². The second-order valence-electron chi connectivity index (χ2n) is 7.60. The third-order valence-electron chi connectivity index (χ3n) is 5.40. The summed E-state index contributed by atoms with van der Waals surface area (Å²) in [5.74, 6) is 4.53. The molecule has 0 amide bonds. The van der Waals surface area contributed by atoms with Crippen molar-refractivity contribution in [2.24, 2.45) is 0 Å². The number of hydrogen-bond donors (Lipinski definition) is 1. The van der Waals surface area contributed by atoms with Crippen LogP contribution in [0.5, 0.6) is 11.5 Å². The van der Waals surface area contributed by atoms with Gasteiger partial charge < -0.3 is 24.3 Å². The number of ether oxygens (including phenoxy) is 4. The summed E-state index contributed by atoms with van der Waals surface area (Å²) < 4.78 is 22.9. The lowest BCUT2D eigenvalue weighted by atomic mass is 10.2. The summed E-state index contributed by atoms with van der Waals surface area (Å²) in [6.45, 7) is 5.92. The van der Waals surface area contributed by atoms with Crippen molar-refractivity contribution in [3.8, 4) is 23.8 Å². The van der Waals surface area contributed by atoms with E-state index in [0.29, 0.717) is 43.7 Å². The van der Waals surface area contributed by atoms with E-state index >= 15 is 0 Å². The molecule has 3 aromatic rings. The average Bonchev–Trinajstić information content (AvgIpc) is 2.85. The summed E-state index contributed by atoms with van der Waals surface area (Å²) in [6, 6.07) is 11.4. The van der Waals surface area contributed by atoms with Gasteiger partial charge >= 0.3 is 0 Å². The van der Waals surface area contributed by atoms with E-state index in [4.69, 9.17) is 25.4 Å². The van der Waals surface area contributed by atoms with Gasteiger partial charge in [-0.15, -0.1) is 6.42 Å². The molecule has 1 N–H and O–H groups in total. The van der Waals surface area contributed by atoms with Gasteiger partial charge in [0.15, 0.2) is 11.5 Å². The highest BCUT2D eigenvalue weighted by atomic mass is 16.5. The van der Waals surface area contributed by atoms with Crippen LogP contribution in [-0.4, -0.2) is 67.7 Å². The van der Waals surface area contributed by atoms with E-state index in [1.165, 1.54) is 6.33 Å². The fourth-order valence-electron chi connectivity index (χ4n) is 3.63. The molecule has 1 aromatic heterocycles. The van der Waals surface area contributed by atoms with Crippen molar-refractivity contribution in [2.75, 3.05) is 51.9 Å². The summed E-state index contributed by atoms with van der Waals surface area (Å²) in [6.07, 6.45) is 6.91. The third kappa shape index (κ3) is 5.71. The zero-order valence-electron chi connectivity index (χ0n) is 18.9. The number of terminal acetylenes is 1. The van der Waals surface area contributed by atoms with E-state index in [1.54, 1.807) is 7.11 Å². The highest BCUT2D eigenvalue weighted by molar-refractivity contribution is 5.93. The minimum absolute atomic E-state index is 0.149. The van der Waals surface area contributed by atoms with E-state index in [1.807, 2.05) is 43.3 Å². The van der Waals surface area contributed by atoms with Crippen LogP contribution < -0.4 is 14.8 Å². The molecule has 1 saturated heterocycles. The summed E-state index contributed by atoms with van der Waals surface area (Å²) >= 11 is 0. The number of rotatable bonds is 9. The molecule has 4 rings (SSSR count). The summed E-state index contributed by atoms with van der Waals surface area (Å²) in [4.78, 5) is 11.1.